The molecule has 3 unspecified atom stereocenters. The number of carbonyl (C=O) groups excluding carboxylic acids is 1. The molecule has 1 aliphatic heterocycles. The van der Waals surface area contributed by atoms with Crippen LogP contribution >= 0.6 is 0 Å². The maximum atomic E-state index is 12.1. The molecule has 1 aromatic rings. The highest BCUT2D eigenvalue weighted by atomic mass is 16.2. The molecule has 0 bridgehead atoms. The van der Waals surface area contributed by atoms with E-state index in [1.54, 1.807) is 0 Å². The van der Waals surface area contributed by atoms with Crippen LogP contribution in [0, 0.1) is 18.8 Å². The minimum Gasteiger partial charge on any atom is -0.354 e. The highest BCUT2D eigenvalue weighted by Gasteiger charge is 2.21. The molecule has 1 amide bonds. The van der Waals surface area contributed by atoms with E-state index in [2.05, 4.69) is 24.1 Å². The Morgan fingerprint density at radius 1 is 1.21 bits per heavy atom. The number of hydrogen-bond donors (Lipinski definition) is 2. The van der Waals surface area contributed by atoms with E-state index in [9.17, 15) is 4.79 Å². The van der Waals surface area contributed by atoms with Crippen LogP contribution in [0.3, 0.4) is 0 Å². The molecule has 134 valence electrons. The number of aryl methyl sites for hydroxylation is 1. The van der Waals surface area contributed by atoms with Gasteiger partial charge in [-0.1, -0.05) is 43.7 Å². The molecule has 0 spiro atoms. The number of carbonyl (C=O) groups is 1. The number of unbranched alkanes of at least 4 members (excludes halogenated alkanes) is 1. The lowest BCUT2D eigenvalue weighted by molar-refractivity contribution is -0.122. The van der Waals surface area contributed by atoms with Gasteiger partial charge < -0.3 is 16.0 Å². The highest BCUT2D eigenvalue weighted by Crippen LogP contribution is 2.21. The molecular formula is C20H33N3O. The van der Waals surface area contributed by atoms with Gasteiger partial charge in [-0.25, -0.2) is 0 Å². The Morgan fingerprint density at radius 2 is 1.83 bits per heavy atom. The first kappa shape index (κ1) is 18.9. The first-order valence-corrected chi connectivity index (χ1v) is 9.28. The van der Waals surface area contributed by atoms with Gasteiger partial charge in [-0.05, 0) is 50.1 Å². The van der Waals surface area contributed by atoms with Crippen molar-refractivity contribution in [3.05, 3.63) is 35.4 Å². The third kappa shape index (κ3) is 5.91. The fourth-order valence-corrected chi connectivity index (χ4v) is 3.68. The van der Waals surface area contributed by atoms with E-state index in [-0.39, 0.29) is 5.91 Å². The van der Waals surface area contributed by atoms with Gasteiger partial charge in [-0.2, -0.15) is 0 Å². The topological polar surface area (TPSA) is 58.4 Å². The summed E-state index contributed by atoms with van der Waals surface area (Å²) in [5.74, 6) is 1.53. The van der Waals surface area contributed by atoms with Crippen LogP contribution in [0.1, 0.15) is 50.3 Å². The van der Waals surface area contributed by atoms with Gasteiger partial charge in [0.15, 0.2) is 0 Å². The third-order valence-corrected chi connectivity index (χ3v) is 4.86. The molecule has 1 fully saturated rings. The van der Waals surface area contributed by atoms with Gasteiger partial charge in [0, 0.05) is 19.6 Å². The van der Waals surface area contributed by atoms with Crippen molar-refractivity contribution in [2.75, 3.05) is 26.2 Å². The van der Waals surface area contributed by atoms with Gasteiger partial charge in [0.1, 0.15) is 6.04 Å². The normalized spacial score (nSPS) is 23.0. The molecule has 0 aliphatic carbocycles. The second-order valence-electron chi connectivity index (χ2n) is 7.59. The SMILES string of the molecule is Cc1ccc(C(N)C(=O)NCCCCN2CC(C)CC(C)C2)cc1. The van der Waals surface area contributed by atoms with Crippen molar-refractivity contribution in [1.82, 2.24) is 10.2 Å². The predicted octanol–water partition coefficient (Wildman–Crippen LogP) is 2.87. The van der Waals surface area contributed by atoms with Crippen LogP contribution in [0.15, 0.2) is 24.3 Å². The number of likely N-dealkylation sites (tertiary alicyclic amines) is 1. The first-order valence-electron chi connectivity index (χ1n) is 9.28. The van der Waals surface area contributed by atoms with Gasteiger partial charge in [0.25, 0.3) is 0 Å². The Morgan fingerprint density at radius 3 is 2.46 bits per heavy atom. The highest BCUT2D eigenvalue weighted by molar-refractivity contribution is 5.82. The Labute approximate surface area is 146 Å². The summed E-state index contributed by atoms with van der Waals surface area (Å²) in [6, 6.07) is 7.26. The number of hydrogen-bond acceptors (Lipinski definition) is 3. The van der Waals surface area contributed by atoms with E-state index in [4.69, 9.17) is 5.73 Å². The molecular weight excluding hydrogens is 298 g/mol. The average molecular weight is 332 g/mol. The van der Waals surface area contributed by atoms with Crippen molar-refractivity contribution < 1.29 is 4.79 Å². The molecule has 3 atom stereocenters. The fourth-order valence-electron chi connectivity index (χ4n) is 3.68. The number of piperidine rings is 1. The summed E-state index contributed by atoms with van der Waals surface area (Å²) in [7, 11) is 0. The zero-order valence-electron chi connectivity index (χ0n) is 15.4. The summed E-state index contributed by atoms with van der Waals surface area (Å²) >= 11 is 0. The number of nitrogens with two attached hydrogens (primary N) is 1. The summed E-state index contributed by atoms with van der Waals surface area (Å²) in [6.07, 6.45) is 3.48. The molecule has 1 saturated heterocycles. The lowest BCUT2D eigenvalue weighted by atomic mass is 9.92. The molecule has 1 aromatic carbocycles. The van der Waals surface area contributed by atoms with Gasteiger partial charge in [-0.15, -0.1) is 0 Å². The summed E-state index contributed by atoms with van der Waals surface area (Å²) in [5.41, 5.74) is 8.07. The van der Waals surface area contributed by atoms with E-state index in [0.717, 1.165) is 36.8 Å². The van der Waals surface area contributed by atoms with Crippen LogP contribution in [-0.4, -0.2) is 37.0 Å². The number of amides is 1. The Hall–Kier alpha value is -1.39. The Bertz CT molecular complexity index is 504. The average Bonchev–Trinajstić information content (AvgIpc) is 2.53. The van der Waals surface area contributed by atoms with Crippen LogP contribution in [0.25, 0.3) is 0 Å². The molecule has 24 heavy (non-hydrogen) atoms. The van der Waals surface area contributed by atoms with Crippen LogP contribution in [0.5, 0.6) is 0 Å². The minimum atomic E-state index is -0.575. The van der Waals surface area contributed by atoms with E-state index >= 15 is 0 Å². The second kappa shape index (κ2) is 9.19. The van der Waals surface area contributed by atoms with Crippen molar-refractivity contribution in [3.8, 4) is 0 Å². The molecule has 2 rings (SSSR count). The van der Waals surface area contributed by atoms with Crippen molar-refractivity contribution in [2.45, 2.75) is 46.1 Å². The van der Waals surface area contributed by atoms with E-state index in [1.807, 2.05) is 31.2 Å². The van der Waals surface area contributed by atoms with Crippen molar-refractivity contribution >= 4 is 5.91 Å². The van der Waals surface area contributed by atoms with Gasteiger partial charge >= 0.3 is 0 Å². The largest absolute Gasteiger partial charge is 0.354 e. The molecule has 1 aliphatic rings. The lowest BCUT2D eigenvalue weighted by Crippen LogP contribution is -2.39. The maximum Gasteiger partial charge on any atom is 0.241 e. The summed E-state index contributed by atoms with van der Waals surface area (Å²) in [4.78, 5) is 14.7. The Kier molecular flexibility index (Phi) is 7.25. The first-order chi connectivity index (χ1) is 11.5. The standard InChI is InChI=1S/C20H33N3O/c1-15-6-8-18(9-7-15)19(21)20(24)22-10-4-5-11-23-13-16(2)12-17(3)14-23/h6-9,16-17,19H,4-5,10-14,21H2,1-3H3,(H,22,24). The van der Waals surface area contributed by atoms with Gasteiger partial charge in [-0.3, -0.25) is 4.79 Å². The van der Waals surface area contributed by atoms with Crippen LogP contribution in [0.4, 0.5) is 0 Å². The predicted molar refractivity (Wildman–Crippen MR) is 99.7 cm³/mol. The van der Waals surface area contributed by atoms with Gasteiger partial charge in [0.2, 0.25) is 5.91 Å². The molecule has 4 nitrogen and oxygen atoms in total. The molecule has 1 heterocycles. The molecule has 0 aromatic heterocycles. The maximum absolute atomic E-state index is 12.1. The second-order valence-corrected chi connectivity index (χ2v) is 7.59. The minimum absolute atomic E-state index is 0.0842. The van der Waals surface area contributed by atoms with Crippen molar-refractivity contribution in [1.29, 1.82) is 0 Å². The lowest BCUT2D eigenvalue weighted by Gasteiger charge is -2.34. The van der Waals surface area contributed by atoms with Crippen molar-refractivity contribution in [3.63, 3.8) is 0 Å². The molecule has 0 saturated carbocycles. The number of benzene rings is 1. The third-order valence-electron chi connectivity index (χ3n) is 4.86. The Balaban J connectivity index is 1.63. The smallest absolute Gasteiger partial charge is 0.241 e. The van der Waals surface area contributed by atoms with E-state index in [0.29, 0.717) is 6.54 Å². The van der Waals surface area contributed by atoms with Crippen LogP contribution in [-0.2, 0) is 4.79 Å². The molecule has 0 radical (unpaired) electrons. The quantitative estimate of drug-likeness (QED) is 0.755. The van der Waals surface area contributed by atoms with E-state index < -0.39 is 6.04 Å². The summed E-state index contributed by atoms with van der Waals surface area (Å²) < 4.78 is 0. The van der Waals surface area contributed by atoms with Crippen molar-refractivity contribution in [2.24, 2.45) is 17.6 Å². The zero-order valence-corrected chi connectivity index (χ0v) is 15.4. The fraction of sp³-hybridized carbons (Fsp3) is 0.650. The molecule has 4 heteroatoms. The number of rotatable bonds is 7. The summed E-state index contributed by atoms with van der Waals surface area (Å²) in [6.45, 7) is 11.0. The number of nitrogens with zero attached hydrogens (tertiary/aromatic N) is 1. The van der Waals surface area contributed by atoms with Crippen LogP contribution in [0.2, 0.25) is 0 Å². The van der Waals surface area contributed by atoms with E-state index in [1.165, 1.54) is 25.1 Å². The van der Waals surface area contributed by atoms with Crippen LogP contribution < -0.4 is 11.1 Å². The number of nitrogens with one attached hydrogen (secondary N) is 1. The summed E-state index contributed by atoms with van der Waals surface area (Å²) in [5, 5.41) is 2.97. The molecule has 3 N–H and O–H groups in total. The monoisotopic (exact) mass is 331 g/mol. The zero-order chi connectivity index (χ0) is 17.5. The van der Waals surface area contributed by atoms with Gasteiger partial charge in [0.05, 0.1) is 0 Å².